The number of benzene rings is 2. The van der Waals surface area contributed by atoms with E-state index in [0.717, 1.165) is 21.1 Å². The molecule has 0 saturated heterocycles. The van der Waals surface area contributed by atoms with Crippen LogP contribution >= 0.6 is 0 Å². The third kappa shape index (κ3) is 18.7. The summed E-state index contributed by atoms with van der Waals surface area (Å²) in [5.74, 6) is -3.74. The summed E-state index contributed by atoms with van der Waals surface area (Å²) < 4.78 is 77.2. The van der Waals surface area contributed by atoms with Crippen LogP contribution in [0.25, 0.3) is 34.7 Å². The minimum Gasteiger partial charge on any atom is -1.00 e. The molecule has 0 aliphatic rings. The molecule has 0 radical (unpaired) electrons. The quantitative estimate of drug-likeness (QED) is 0.0584. The number of aliphatic hydroxyl groups excluding tert-OH is 4. The Kier molecular flexibility index (Phi) is 24.4. The fraction of sp³-hybridized carbons (Fsp3) is 0.409. The van der Waals surface area contributed by atoms with E-state index in [-0.39, 0.29) is 83.3 Å². The largest absolute Gasteiger partial charge is 2.00 e. The second-order valence-corrected chi connectivity index (χ2v) is 20.0. The maximum Gasteiger partial charge on any atom is 2.00 e. The van der Waals surface area contributed by atoms with Gasteiger partial charge in [0, 0.05) is 49.2 Å². The number of aliphatic hydroxyl groups is 4. The van der Waals surface area contributed by atoms with Crippen LogP contribution in [0.2, 0.25) is 0 Å². The Labute approximate surface area is 428 Å². The molecule has 0 saturated carbocycles. The normalized spacial score (nSPS) is 13.5. The number of hydrogen-bond donors (Lipinski definition) is 7. The molecule has 24 heteroatoms. The Balaban J connectivity index is 0. The van der Waals surface area contributed by atoms with Crippen LogP contribution < -0.4 is 14.8 Å². The topological polar surface area (TPSA) is 317 Å². The molecule has 2 aromatic heterocycles. The van der Waals surface area contributed by atoms with Crippen molar-refractivity contribution < 1.29 is 68.7 Å². The molecule has 0 aliphatic heterocycles. The molecule has 19 nitrogen and oxygen atoms in total. The summed E-state index contributed by atoms with van der Waals surface area (Å²) in [6, 6.07) is 11.0. The fourth-order valence-electron chi connectivity index (χ4n) is 6.09. The average Bonchev–Trinajstić information content (AvgIpc) is 3.20. The molecule has 0 aliphatic carbocycles. The number of rotatable bonds is 20. The van der Waals surface area contributed by atoms with Gasteiger partial charge in [0.2, 0.25) is 31.9 Å². The summed E-state index contributed by atoms with van der Waals surface area (Å²) in [4.78, 5) is 39.1. The van der Waals surface area contributed by atoms with Crippen LogP contribution in [0.5, 0.6) is 0 Å². The van der Waals surface area contributed by atoms with Gasteiger partial charge < -0.3 is 39.6 Å². The Morgan fingerprint density at radius 3 is 1.16 bits per heavy atom. The molecule has 0 unspecified atom stereocenters. The summed E-state index contributed by atoms with van der Waals surface area (Å²) in [6.45, 7) is 7.41. The molecular formula is C44H61CaF2N7O12S2. The zero-order valence-corrected chi connectivity index (χ0v) is 42.9. The van der Waals surface area contributed by atoms with Crippen LogP contribution in [-0.4, -0.2) is 168 Å². The Morgan fingerprint density at radius 1 is 0.618 bits per heavy atom. The molecular weight excluding hydrogens is 961 g/mol. The van der Waals surface area contributed by atoms with Crippen molar-refractivity contribution in [1.82, 2.24) is 26.1 Å². The van der Waals surface area contributed by atoms with Gasteiger partial charge in [0.15, 0.2) is 0 Å². The summed E-state index contributed by atoms with van der Waals surface area (Å²) in [6.07, 6.45) is 1.72. The molecule has 0 bridgehead atoms. The molecule has 4 rings (SSSR count). The van der Waals surface area contributed by atoms with Crippen LogP contribution in [0.15, 0.2) is 60.7 Å². The minimum absolute atomic E-state index is 0. The van der Waals surface area contributed by atoms with Crippen molar-refractivity contribution in [2.45, 2.75) is 89.6 Å². The van der Waals surface area contributed by atoms with E-state index in [0.29, 0.717) is 45.0 Å². The number of aromatic nitrogens is 4. The first-order valence-electron chi connectivity index (χ1n) is 20.3. The van der Waals surface area contributed by atoms with Crippen molar-refractivity contribution in [3.05, 3.63) is 94.8 Å². The third-order valence-electron chi connectivity index (χ3n) is 9.63. The van der Waals surface area contributed by atoms with Crippen molar-refractivity contribution in [3.63, 3.8) is 0 Å². The zero-order valence-electron chi connectivity index (χ0n) is 41.0. The maximum absolute atomic E-state index is 13.5. The second kappa shape index (κ2) is 27.0. The van der Waals surface area contributed by atoms with Crippen LogP contribution in [0.3, 0.4) is 0 Å². The number of carbonyl (C=O) groups is 2. The van der Waals surface area contributed by atoms with E-state index in [9.17, 15) is 55.6 Å². The first-order chi connectivity index (χ1) is 30.6. The number of carboxylic acids is 2. The van der Waals surface area contributed by atoms with Gasteiger partial charge in [0.25, 0.3) is 0 Å². The number of halogens is 2. The van der Waals surface area contributed by atoms with E-state index < -0.39 is 80.9 Å². The monoisotopic (exact) mass is 1020 g/mol. The predicted octanol–water partition coefficient (Wildman–Crippen LogP) is 4.81. The van der Waals surface area contributed by atoms with E-state index in [1.165, 1.54) is 86.9 Å². The first-order valence-corrected chi connectivity index (χ1v) is 24.0. The molecule has 372 valence electrons. The summed E-state index contributed by atoms with van der Waals surface area (Å²) in [5, 5.41) is 57.6. The summed E-state index contributed by atoms with van der Waals surface area (Å²) >= 11 is 0. The number of hydrogen-bond acceptors (Lipinski definition) is 15. The van der Waals surface area contributed by atoms with Gasteiger partial charge in [-0.05, 0) is 60.4 Å². The summed E-state index contributed by atoms with van der Waals surface area (Å²) in [7, 11) is -4.65. The van der Waals surface area contributed by atoms with Crippen LogP contribution in [-0.2, 0) is 29.6 Å². The van der Waals surface area contributed by atoms with Gasteiger partial charge in [-0.1, -0.05) is 52.0 Å². The van der Waals surface area contributed by atoms with Crippen molar-refractivity contribution in [1.29, 1.82) is 0 Å². The molecule has 0 fully saturated rings. The van der Waals surface area contributed by atoms with E-state index in [1.807, 2.05) is 27.7 Å². The van der Waals surface area contributed by atoms with Crippen molar-refractivity contribution in [3.8, 4) is 22.5 Å². The van der Waals surface area contributed by atoms with Crippen LogP contribution in [0.4, 0.5) is 20.7 Å². The third-order valence-corrected chi connectivity index (χ3v) is 11.9. The molecule has 4 atom stereocenters. The number of nitrogens with zero attached hydrogens (tertiary/aromatic N) is 6. The first kappa shape index (κ1) is 61.5. The molecule has 2 heterocycles. The van der Waals surface area contributed by atoms with Gasteiger partial charge in [-0.15, -0.1) is 0 Å². The Morgan fingerprint density at radius 2 is 0.912 bits per heavy atom. The van der Waals surface area contributed by atoms with Gasteiger partial charge >= 0.3 is 49.7 Å². The fourth-order valence-corrected chi connectivity index (χ4v) is 6.85. The summed E-state index contributed by atoms with van der Waals surface area (Å²) in [5.41, 5.74) is 3.60. The van der Waals surface area contributed by atoms with Gasteiger partial charge in [0.1, 0.15) is 11.6 Å². The molecule has 4 aromatic rings. The predicted molar refractivity (Wildman–Crippen MR) is 258 cm³/mol. The minimum atomic E-state index is -3.65. The molecule has 68 heavy (non-hydrogen) atoms. The van der Waals surface area contributed by atoms with E-state index >= 15 is 0 Å². The Bertz CT molecular complexity index is 2440. The van der Waals surface area contributed by atoms with Gasteiger partial charge in [-0.3, -0.25) is 9.59 Å². The van der Waals surface area contributed by atoms with Crippen molar-refractivity contribution >= 4 is 93.8 Å². The van der Waals surface area contributed by atoms with E-state index in [4.69, 9.17) is 10.2 Å². The number of sulfonamides is 2. The van der Waals surface area contributed by atoms with E-state index in [2.05, 4.69) is 19.9 Å². The molecule has 9 N–H and O–H groups in total. The molecule has 0 spiro atoms. The van der Waals surface area contributed by atoms with Gasteiger partial charge in [-0.25, -0.2) is 54.2 Å². The zero-order chi connectivity index (χ0) is 49.8. The SMILES string of the molecule is CC(C)c1nc(N(C)S(C)(=O)=O)nc(-c2ccc(F)cc2)c1C=C[C@@H](O)C[C@@H](O)CC(=O)O.CC(C)c1nc(N(C)S(C)(=O)=O)nc(-c2ccc(F)cc2)c1C=C[C@@H](O)C[C@@H](O)CC(=O)O.N.[Ca+2].[H-].[H-]. The number of anilines is 2. The molecule has 0 amide bonds. The maximum atomic E-state index is 13.5. The van der Waals surface area contributed by atoms with E-state index in [1.54, 1.807) is 0 Å². The molecule has 2 aromatic carbocycles. The van der Waals surface area contributed by atoms with Crippen LogP contribution in [0.1, 0.15) is 90.6 Å². The number of aliphatic carboxylic acids is 2. The van der Waals surface area contributed by atoms with Gasteiger partial charge in [-0.2, -0.15) is 0 Å². The van der Waals surface area contributed by atoms with Crippen molar-refractivity contribution in [2.75, 3.05) is 35.2 Å². The van der Waals surface area contributed by atoms with Crippen LogP contribution in [0, 0.1) is 11.6 Å². The average molecular weight is 1020 g/mol. The standard InChI is InChI=1S/2C22H28FN3O6S.Ca.H3N.2H/c2*1-13(2)20-18(10-9-16(27)11-17(28)12-19(29)30)21(14-5-7-15(23)8-6-14)25-22(24-20)26(3)33(4,31)32;;;;/h2*5-10,13,16-17,27-28H,11-12H2,1-4H3,(H,29,30);;1H3;;/q;;+2;;2*-1/t2*16-,17-;;;;/m11..../s1. The Hall–Kier alpha value is -4.56. The smallest absolute Gasteiger partial charge is 1.00 e. The number of carboxylic acid groups (broad SMARTS) is 2. The van der Waals surface area contributed by atoms with Gasteiger partial charge in [0.05, 0.1) is 72.5 Å². The second-order valence-electron chi connectivity index (χ2n) is 16.0. The van der Waals surface area contributed by atoms with Crippen molar-refractivity contribution in [2.24, 2.45) is 0 Å².